The molecule has 2 rings (SSSR count). The Bertz CT molecular complexity index is 817. The van der Waals surface area contributed by atoms with Crippen molar-refractivity contribution in [1.29, 1.82) is 0 Å². The van der Waals surface area contributed by atoms with Crippen molar-refractivity contribution < 1.29 is 19.1 Å². The standard InChI is InChI=1S/C21H25N3O4/c1-4-13-28-21(27)16-5-7-18(8-6-16)23-20(26)14-22-17-9-11-19(12-10-17)24(3)15(2)25/h5-12,22H,4,13-14H2,1-3H3,(H,23,26). The van der Waals surface area contributed by atoms with E-state index in [9.17, 15) is 14.4 Å². The fourth-order valence-corrected chi connectivity index (χ4v) is 2.34. The highest BCUT2D eigenvalue weighted by molar-refractivity contribution is 5.95. The molecular weight excluding hydrogens is 358 g/mol. The van der Waals surface area contributed by atoms with E-state index >= 15 is 0 Å². The van der Waals surface area contributed by atoms with Gasteiger partial charge in [-0.15, -0.1) is 0 Å². The number of carbonyl (C=O) groups excluding carboxylic acids is 3. The van der Waals surface area contributed by atoms with Crippen LogP contribution < -0.4 is 15.5 Å². The van der Waals surface area contributed by atoms with Gasteiger partial charge in [0.25, 0.3) is 0 Å². The molecule has 148 valence electrons. The Morgan fingerprint density at radius 2 is 1.57 bits per heavy atom. The molecule has 0 fully saturated rings. The lowest BCUT2D eigenvalue weighted by Crippen LogP contribution is -2.23. The van der Waals surface area contributed by atoms with E-state index in [1.54, 1.807) is 55.6 Å². The normalized spacial score (nSPS) is 10.1. The second-order valence-electron chi connectivity index (χ2n) is 6.24. The average molecular weight is 383 g/mol. The number of hydrogen-bond acceptors (Lipinski definition) is 5. The molecule has 0 radical (unpaired) electrons. The minimum absolute atomic E-state index is 0.0512. The van der Waals surface area contributed by atoms with Crippen LogP contribution >= 0.6 is 0 Å². The molecule has 0 atom stereocenters. The Balaban J connectivity index is 1.84. The van der Waals surface area contributed by atoms with Crippen LogP contribution in [0.15, 0.2) is 48.5 Å². The van der Waals surface area contributed by atoms with E-state index in [2.05, 4.69) is 10.6 Å². The number of nitrogens with zero attached hydrogens (tertiary/aromatic N) is 1. The summed E-state index contributed by atoms with van der Waals surface area (Å²) in [5.41, 5.74) is 2.59. The van der Waals surface area contributed by atoms with E-state index in [1.807, 2.05) is 6.92 Å². The average Bonchev–Trinajstić information content (AvgIpc) is 2.70. The zero-order chi connectivity index (χ0) is 20.5. The first-order valence-electron chi connectivity index (χ1n) is 9.06. The van der Waals surface area contributed by atoms with E-state index in [4.69, 9.17) is 4.74 Å². The predicted molar refractivity (Wildman–Crippen MR) is 110 cm³/mol. The van der Waals surface area contributed by atoms with Crippen LogP contribution in [0.3, 0.4) is 0 Å². The van der Waals surface area contributed by atoms with Crippen LogP contribution in [-0.4, -0.2) is 38.0 Å². The van der Waals surface area contributed by atoms with Gasteiger partial charge in [-0.3, -0.25) is 9.59 Å². The van der Waals surface area contributed by atoms with Crippen LogP contribution in [0.2, 0.25) is 0 Å². The van der Waals surface area contributed by atoms with Gasteiger partial charge in [0.2, 0.25) is 11.8 Å². The monoisotopic (exact) mass is 383 g/mol. The summed E-state index contributed by atoms with van der Waals surface area (Å²) in [7, 11) is 1.70. The molecule has 0 aliphatic heterocycles. The third kappa shape index (κ3) is 6.12. The number of carbonyl (C=O) groups is 3. The molecule has 0 saturated heterocycles. The van der Waals surface area contributed by atoms with Crippen molar-refractivity contribution in [2.75, 3.05) is 35.7 Å². The maximum absolute atomic E-state index is 12.1. The third-order valence-electron chi connectivity index (χ3n) is 4.02. The minimum atomic E-state index is -0.375. The Morgan fingerprint density at radius 3 is 2.14 bits per heavy atom. The number of rotatable bonds is 8. The first kappa shape index (κ1) is 21.0. The Labute approximate surface area is 164 Å². The van der Waals surface area contributed by atoms with Gasteiger partial charge < -0.3 is 20.3 Å². The molecule has 2 aromatic rings. The molecule has 28 heavy (non-hydrogen) atoms. The molecule has 7 heteroatoms. The lowest BCUT2D eigenvalue weighted by Gasteiger charge is -2.15. The van der Waals surface area contributed by atoms with Crippen LogP contribution in [0.5, 0.6) is 0 Å². The van der Waals surface area contributed by atoms with Gasteiger partial charge in [-0.25, -0.2) is 4.79 Å². The summed E-state index contributed by atoms with van der Waals surface area (Å²) in [6, 6.07) is 13.8. The fourth-order valence-electron chi connectivity index (χ4n) is 2.34. The van der Waals surface area contributed by atoms with Crippen molar-refractivity contribution in [3.63, 3.8) is 0 Å². The quantitative estimate of drug-likeness (QED) is 0.683. The summed E-state index contributed by atoms with van der Waals surface area (Å²) in [5.74, 6) is -0.642. The number of benzene rings is 2. The maximum Gasteiger partial charge on any atom is 0.338 e. The Morgan fingerprint density at radius 1 is 0.964 bits per heavy atom. The smallest absolute Gasteiger partial charge is 0.338 e. The van der Waals surface area contributed by atoms with Crippen LogP contribution in [0.4, 0.5) is 17.1 Å². The summed E-state index contributed by atoms with van der Waals surface area (Å²) >= 11 is 0. The number of ether oxygens (including phenoxy) is 1. The van der Waals surface area contributed by atoms with Crippen molar-refractivity contribution in [2.24, 2.45) is 0 Å². The SMILES string of the molecule is CCCOC(=O)c1ccc(NC(=O)CNc2ccc(N(C)C(C)=O)cc2)cc1. The molecule has 0 bridgehead atoms. The minimum Gasteiger partial charge on any atom is -0.462 e. The van der Waals surface area contributed by atoms with Gasteiger partial charge in [0.05, 0.1) is 18.7 Å². The summed E-state index contributed by atoms with van der Waals surface area (Å²) < 4.78 is 5.06. The van der Waals surface area contributed by atoms with Gasteiger partial charge in [0.1, 0.15) is 0 Å². The molecular formula is C21H25N3O4. The summed E-state index contributed by atoms with van der Waals surface area (Å²) in [5, 5.41) is 5.78. The number of anilines is 3. The molecule has 2 amide bonds. The van der Waals surface area contributed by atoms with Crippen LogP contribution in [0, 0.1) is 0 Å². The van der Waals surface area contributed by atoms with Gasteiger partial charge >= 0.3 is 5.97 Å². The van der Waals surface area contributed by atoms with Gasteiger partial charge in [-0.2, -0.15) is 0 Å². The summed E-state index contributed by atoms with van der Waals surface area (Å²) in [6.07, 6.45) is 0.767. The summed E-state index contributed by atoms with van der Waals surface area (Å²) in [6.45, 7) is 3.90. The van der Waals surface area contributed by atoms with Gasteiger partial charge in [-0.05, 0) is 55.0 Å². The molecule has 7 nitrogen and oxygen atoms in total. The first-order chi connectivity index (χ1) is 13.4. The molecule has 0 spiro atoms. The van der Waals surface area contributed by atoms with E-state index in [-0.39, 0.29) is 24.3 Å². The lowest BCUT2D eigenvalue weighted by molar-refractivity contribution is -0.116. The highest BCUT2D eigenvalue weighted by atomic mass is 16.5. The van der Waals surface area contributed by atoms with Gasteiger partial charge in [-0.1, -0.05) is 6.92 Å². The lowest BCUT2D eigenvalue weighted by atomic mass is 10.2. The van der Waals surface area contributed by atoms with Crippen LogP contribution in [0.1, 0.15) is 30.6 Å². The maximum atomic E-state index is 12.1. The second-order valence-corrected chi connectivity index (χ2v) is 6.24. The molecule has 0 unspecified atom stereocenters. The van der Waals surface area contributed by atoms with Crippen molar-refractivity contribution >= 4 is 34.8 Å². The zero-order valence-corrected chi connectivity index (χ0v) is 16.3. The highest BCUT2D eigenvalue weighted by Gasteiger charge is 2.08. The van der Waals surface area contributed by atoms with Crippen molar-refractivity contribution in [1.82, 2.24) is 0 Å². The highest BCUT2D eigenvalue weighted by Crippen LogP contribution is 2.17. The van der Waals surface area contributed by atoms with Crippen molar-refractivity contribution in [2.45, 2.75) is 20.3 Å². The molecule has 0 heterocycles. The van der Waals surface area contributed by atoms with Gasteiger partial charge in [0.15, 0.2) is 0 Å². The molecule has 0 saturated carbocycles. The fraction of sp³-hybridized carbons (Fsp3) is 0.286. The summed E-state index contributed by atoms with van der Waals surface area (Å²) in [4.78, 5) is 36.7. The second kappa shape index (κ2) is 10.1. The van der Waals surface area contributed by atoms with E-state index < -0.39 is 0 Å². The number of amides is 2. The van der Waals surface area contributed by atoms with E-state index in [0.29, 0.717) is 17.9 Å². The van der Waals surface area contributed by atoms with Gasteiger partial charge in [0, 0.05) is 31.0 Å². The molecule has 2 N–H and O–H groups in total. The van der Waals surface area contributed by atoms with E-state index in [1.165, 1.54) is 11.8 Å². The third-order valence-corrected chi connectivity index (χ3v) is 4.02. The van der Waals surface area contributed by atoms with Crippen LogP contribution in [0.25, 0.3) is 0 Å². The zero-order valence-electron chi connectivity index (χ0n) is 16.3. The number of esters is 1. The molecule has 0 aromatic heterocycles. The number of nitrogens with one attached hydrogen (secondary N) is 2. The Hall–Kier alpha value is -3.35. The van der Waals surface area contributed by atoms with Crippen molar-refractivity contribution in [3.8, 4) is 0 Å². The molecule has 0 aliphatic rings. The number of hydrogen-bond donors (Lipinski definition) is 2. The Kier molecular flexibility index (Phi) is 7.56. The largest absolute Gasteiger partial charge is 0.462 e. The molecule has 2 aromatic carbocycles. The van der Waals surface area contributed by atoms with Crippen LogP contribution in [-0.2, 0) is 14.3 Å². The van der Waals surface area contributed by atoms with Crippen molar-refractivity contribution in [3.05, 3.63) is 54.1 Å². The topological polar surface area (TPSA) is 87.7 Å². The predicted octanol–water partition coefficient (Wildman–Crippen LogP) is 3.29. The molecule has 0 aliphatic carbocycles. The van der Waals surface area contributed by atoms with E-state index in [0.717, 1.165) is 17.8 Å². The first-order valence-corrected chi connectivity index (χ1v) is 9.06.